The number of rotatable bonds is 3. The number of likely N-dealkylation sites (tertiary alicyclic amines) is 1. The molecule has 2 aromatic heterocycles. The topological polar surface area (TPSA) is 93.2 Å². The van der Waals surface area contributed by atoms with E-state index < -0.39 is 12.0 Å². The molecule has 0 unspecified atom stereocenters. The quantitative estimate of drug-likeness (QED) is 0.904. The Labute approximate surface area is 152 Å². The van der Waals surface area contributed by atoms with E-state index in [-0.39, 0.29) is 22.9 Å². The fourth-order valence-electron chi connectivity index (χ4n) is 3.48. The molecule has 0 aliphatic carbocycles. The predicted molar refractivity (Wildman–Crippen MR) is 95.0 cm³/mol. The second-order valence-electron chi connectivity index (χ2n) is 7.95. The van der Waals surface area contributed by atoms with Gasteiger partial charge in [0.1, 0.15) is 18.1 Å². The van der Waals surface area contributed by atoms with Gasteiger partial charge in [0.2, 0.25) is 0 Å². The minimum Gasteiger partial charge on any atom is -0.480 e. The van der Waals surface area contributed by atoms with Crippen LogP contribution in [0.4, 0.5) is 0 Å². The van der Waals surface area contributed by atoms with Crippen LogP contribution in [0, 0.1) is 11.3 Å². The number of carbonyl (C=O) groups excluding carboxylic acids is 1. The normalized spacial score (nSPS) is 21.0. The fourth-order valence-corrected chi connectivity index (χ4v) is 3.48. The van der Waals surface area contributed by atoms with Crippen molar-refractivity contribution in [2.75, 3.05) is 6.54 Å². The summed E-state index contributed by atoms with van der Waals surface area (Å²) >= 11 is 0. The Kier molecular flexibility index (Phi) is 4.60. The first-order valence-corrected chi connectivity index (χ1v) is 8.74. The highest BCUT2D eigenvalue weighted by molar-refractivity contribution is 5.95. The minimum absolute atomic E-state index is 0.0173. The van der Waals surface area contributed by atoms with Crippen LogP contribution in [0.2, 0.25) is 0 Å². The van der Waals surface area contributed by atoms with Crippen LogP contribution in [0.1, 0.15) is 44.1 Å². The van der Waals surface area contributed by atoms with Crippen molar-refractivity contribution in [3.63, 3.8) is 0 Å². The van der Waals surface area contributed by atoms with Gasteiger partial charge in [0.25, 0.3) is 5.91 Å². The second-order valence-corrected chi connectivity index (χ2v) is 7.95. The molecule has 1 aliphatic heterocycles. The van der Waals surface area contributed by atoms with Crippen LogP contribution in [-0.4, -0.2) is 53.8 Å². The summed E-state index contributed by atoms with van der Waals surface area (Å²) in [6.07, 6.45) is 6.17. The molecule has 3 heterocycles. The number of imidazole rings is 1. The standard InChI is InChI=1S/C18H25N5O3/c1-18(2,3)12-5-8-23(14(9-12)17(25)26)16(24)13-10-22(11-19-13)15-6-7-21(4)20-15/h6-7,10-12,14H,5,8-9H2,1-4H3,(H,25,26)/t12-,14+/m0/s1. The monoisotopic (exact) mass is 359 g/mol. The summed E-state index contributed by atoms with van der Waals surface area (Å²) in [4.78, 5) is 30.3. The molecule has 1 aliphatic rings. The number of nitrogens with zero attached hydrogens (tertiary/aromatic N) is 5. The Morgan fingerprint density at radius 2 is 2.04 bits per heavy atom. The van der Waals surface area contributed by atoms with Crippen molar-refractivity contribution in [2.45, 2.75) is 39.7 Å². The van der Waals surface area contributed by atoms with Crippen molar-refractivity contribution in [1.82, 2.24) is 24.2 Å². The Morgan fingerprint density at radius 3 is 2.62 bits per heavy atom. The van der Waals surface area contributed by atoms with Gasteiger partial charge in [0.05, 0.1) is 0 Å². The zero-order chi connectivity index (χ0) is 19.1. The summed E-state index contributed by atoms with van der Waals surface area (Å²) in [5, 5.41) is 13.9. The molecule has 8 nitrogen and oxygen atoms in total. The van der Waals surface area contributed by atoms with Gasteiger partial charge in [-0.15, -0.1) is 0 Å². The van der Waals surface area contributed by atoms with Gasteiger partial charge in [-0.2, -0.15) is 5.10 Å². The lowest BCUT2D eigenvalue weighted by Gasteiger charge is -2.42. The van der Waals surface area contributed by atoms with Gasteiger partial charge in [-0.3, -0.25) is 14.0 Å². The zero-order valence-corrected chi connectivity index (χ0v) is 15.6. The van der Waals surface area contributed by atoms with E-state index in [2.05, 4.69) is 30.9 Å². The van der Waals surface area contributed by atoms with Gasteiger partial charge >= 0.3 is 5.97 Å². The minimum atomic E-state index is -0.962. The van der Waals surface area contributed by atoms with Crippen molar-refractivity contribution < 1.29 is 14.7 Å². The number of carbonyl (C=O) groups is 2. The largest absolute Gasteiger partial charge is 0.480 e. The smallest absolute Gasteiger partial charge is 0.326 e. The lowest BCUT2D eigenvalue weighted by molar-refractivity contribution is -0.144. The summed E-state index contributed by atoms with van der Waals surface area (Å²) < 4.78 is 3.32. The Hall–Kier alpha value is -2.64. The molecule has 0 radical (unpaired) electrons. The molecule has 1 saturated heterocycles. The van der Waals surface area contributed by atoms with E-state index in [4.69, 9.17) is 0 Å². The van der Waals surface area contributed by atoms with Crippen LogP contribution in [0.3, 0.4) is 0 Å². The SMILES string of the molecule is Cn1ccc(-n2cnc(C(=O)N3CC[C@H](C(C)(C)C)C[C@@H]3C(=O)O)c2)n1. The van der Waals surface area contributed by atoms with Gasteiger partial charge in [-0.1, -0.05) is 20.8 Å². The highest BCUT2D eigenvalue weighted by Crippen LogP contribution is 2.37. The molecule has 8 heteroatoms. The molecule has 3 rings (SSSR count). The third kappa shape index (κ3) is 3.49. The second kappa shape index (κ2) is 6.59. The first-order valence-electron chi connectivity index (χ1n) is 8.74. The van der Waals surface area contributed by atoms with Gasteiger partial charge in [-0.05, 0) is 24.2 Å². The maximum atomic E-state index is 12.9. The van der Waals surface area contributed by atoms with E-state index in [0.717, 1.165) is 6.42 Å². The van der Waals surface area contributed by atoms with Crippen LogP contribution in [0.5, 0.6) is 0 Å². The van der Waals surface area contributed by atoms with Crippen LogP contribution >= 0.6 is 0 Å². The maximum Gasteiger partial charge on any atom is 0.326 e. The Balaban J connectivity index is 1.80. The molecular formula is C18H25N5O3. The highest BCUT2D eigenvalue weighted by atomic mass is 16.4. The van der Waals surface area contributed by atoms with Gasteiger partial charge in [0.15, 0.2) is 5.82 Å². The number of hydrogen-bond acceptors (Lipinski definition) is 4. The summed E-state index contributed by atoms with van der Waals surface area (Å²) in [5.41, 5.74) is 0.250. The number of carboxylic acid groups (broad SMARTS) is 1. The molecule has 26 heavy (non-hydrogen) atoms. The number of aryl methyl sites for hydroxylation is 1. The van der Waals surface area contributed by atoms with Crippen LogP contribution < -0.4 is 0 Å². The van der Waals surface area contributed by atoms with E-state index >= 15 is 0 Å². The predicted octanol–water partition coefficient (Wildman–Crippen LogP) is 1.96. The molecule has 0 aromatic carbocycles. The summed E-state index contributed by atoms with van der Waals surface area (Å²) in [5.74, 6) is -0.394. The number of aromatic nitrogens is 4. The molecule has 2 atom stereocenters. The van der Waals surface area contributed by atoms with Gasteiger partial charge in [-0.25, -0.2) is 9.78 Å². The number of piperidine rings is 1. The number of carboxylic acids is 1. The Bertz CT molecular complexity index is 817. The summed E-state index contributed by atoms with van der Waals surface area (Å²) in [7, 11) is 1.81. The zero-order valence-electron chi connectivity index (χ0n) is 15.6. The molecule has 1 amide bonds. The number of amides is 1. The van der Waals surface area contributed by atoms with E-state index in [1.807, 2.05) is 13.1 Å². The highest BCUT2D eigenvalue weighted by Gasteiger charge is 2.40. The van der Waals surface area contributed by atoms with E-state index in [0.29, 0.717) is 18.8 Å². The first kappa shape index (κ1) is 18.2. The molecule has 0 spiro atoms. The molecule has 0 saturated carbocycles. The average molecular weight is 359 g/mol. The third-order valence-electron chi connectivity index (χ3n) is 5.14. The summed E-state index contributed by atoms with van der Waals surface area (Å²) in [6.45, 7) is 6.77. The van der Waals surface area contributed by atoms with Crippen molar-refractivity contribution in [1.29, 1.82) is 0 Å². The third-order valence-corrected chi connectivity index (χ3v) is 5.14. The van der Waals surface area contributed by atoms with Crippen molar-refractivity contribution >= 4 is 11.9 Å². The van der Waals surface area contributed by atoms with E-state index in [9.17, 15) is 14.7 Å². The van der Waals surface area contributed by atoms with Crippen molar-refractivity contribution in [3.8, 4) is 5.82 Å². The van der Waals surface area contributed by atoms with Crippen molar-refractivity contribution in [3.05, 3.63) is 30.5 Å². The van der Waals surface area contributed by atoms with E-state index in [1.165, 1.54) is 11.2 Å². The average Bonchev–Trinajstić information content (AvgIpc) is 3.21. The molecular weight excluding hydrogens is 334 g/mol. The maximum absolute atomic E-state index is 12.9. The van der Waals surface area contributed by atoms with Crippen LogP contribution in [0.25, 0.3) is 5.82 Å². The number of hydrogen-bond donors (Lipinski definition) is 1. The lowest BCUT2D eigenvalue weighted by atomic mass is 9.73. The van der Waals surface area contributed by atoms with Crippen LogP contribution in [0.15, 0.2) is 24.8 Å². The van der Waals surface area contributed by atoms with Crippen LogP contribution in [-0.2, 0) is 11.8 Å². The molecule has 2 aromatic rings. The molecule has 0 bridgehead atoms. The van der Waals surface area contributed by atoms with Gasteiger partial charge < -0.3 is 10.0 Å². The molecule has 140 valence electrons. The summed E-state index contributed by atoms with van der Waals surface area (Å²) in [6, 6.07) is 0.991. The molecule has 1 N–H and O–H groups in total. The molecule has 1 fully saturated rings. The lowest BCUT2D eigenvalue weighted by Crippen LogP contribution is -2.51. The van der Waals surface area contributed by atoms with Crippen molar-refractivity contribution in [2.24, 2.45) is 18.4 Å². The van der Waals surface area contributed by atoms with E-state index in [1.54, 1.807) is 21.6 Å². The van der Waals surface area contributed by atoms with Gasteiger partial charge in [0, 0.05) is 32.1 Å². The fraction of sp³-hybridized carbons (Fsp3) is 0.556. The first-order chi connectivity index (χ1) is 12.2. The number of aliphatic carboxylic acids is 1. The Morgan fingerprint density at radius 1 is 1.31 bits per heavy atom.